The number of hydrogen-bond acceptors (Lipinski definition) is 2. The van der Waals surface area contributed by atoms with Crippen LogP contribution >= 0.6 is 0 Å². The van der Waals surface area contributed by atoms with E-state index in [0.29, 0.717) is 0 Å². The lowest BCUT2D eigenvalue weighted by atomic mass is 10.0. The summed E-state index contributed by atoms with van der Waals surface area (Å²) in [4.78, 5) is 11.2. The van der Waals surface area contributed by atoms with Crippen LogP contribution in [0.2, 0.25) is 0 Å². The Labute approximate surface area is 135 Å². The van der Waals surface area contributed by atoms with Crippen molar-refractivity contribution in [2.45, 2.75) is 64.0 Å². The molecule has 0 aliphatic rings. The van der Waals surface area contributed by atoms with E-state index in [9.17, 15) is 35.5 Å². The Morgan fingerprint density at radius 2 is 1.62 bits per heavy atom. The lowest BCUT2D eigenvalue weighted by molar-refractivity contribution is -0.359. The highest BCUT2D eigenvalue weighted by molar-refractivity contribution is 5.67. The zero-order valence-electron chi connectivity index (χ0n) is 13.5. The molecule has 0 aromatic carbocycles. The van der Waals surface area contributed by atoms with E-state index in [-0.39, 0.29) is 12.5 Å². The summed E-state index contributed by atoms with van der Waals surface area (Å²) in [5, 5.41) is 2.07. The number of unbranched alkanes of at least 4 members (excludes halogenated alkanes) is 3. The van der Waals surface area contributed by atoms with Crippen molar-refractivity contribution in [2.75, 3.05) is 13.2 Å². The zero-order valence-corrected chi connectivity index (χ0v) is 13.5. The van der Waals surface area contributed by atoms with E-state index in [1.54, 1.807) is 6.92 Å². The zero-order chi connectivity index (χ0) is 19.0. The monoisotopic (exact) mass is 369 g/mol. The molecule has 0 bridgehead atoms. The minimum atomic E-state index is -6.44. The van der Waals surface area contributed by atoms with E-state index in [0.717, 1.165) is 32.1 Å². The van der Waals surface area contributed by atoms with Gasteiger partial charge in [-0.1, -0.05) is 39.5 Å². The average molecular weight is 369 g/mol. The molecule has 0 aromatic rings. The summed E-state index contributed by atoms with van der Waals surface area (Å²) in [5.74, 6) is -11.8. The second kappa shape index (κ2) is 9.31. The molecule has 1 N–H and O–H groups in total. The molecule has 1 unspecified atom stereocenters. The first-order valence-electron chi connectivity index (χ1n) is 7.58. The van der Waals surface area contributed by atoms with E-state index in [2.05, 4.69) is 10.1 Å². The van der Waals surface area contributed by atoms with Crippen LogP contribution in [0.3, 0.4) is 0 Å². The molecule has 0 saturated carbocycles. The second-order valence-electron chi connectivity index (χ2n) is 5.69. The first-order valence-corrected chi connectivity index (χ1v) is 7.58. The molecule has 1 amide bonds. The smallest absolute Gasteiger partial charge is 0.443 e. The first-order chi connectivity index (χ1) is 10.8. The van der Waals surface area contributed by atoms with Crippen molar-refractivity contribution in [2.24, 2.45) is 5.92 Å². The molecule has 0 aliphatic carbocycles. The summed E-state index contributed by atoms with van der Waals surface area (Å²) in [6, 6.07) is 0. The minimum Gasteiger partial charge on any atom is -0.443 e. The van der Waals surface area contributed by atoms with Gasteiger partial charge < -0.3 is 10.1 Å². The van der Waals surface area contributed by atoms with Gasteiger partial charge in [-0.25, -0.2) is 4.79 Å². The Balaban J connectivity index is 4.21. The molecule has 0 saturated heterocycles. The number of carbonyl (C=O) groups is 1. The lowest BCUT2D eigenvalue weighted by Gasteiger charge is -2.27. The van der Waals surface area contributed by atoms with Crippen molar-refractivity contribution in [1.82, 2.24) is 5.32 Å². The number of carbonyl (C=O) groups excluding carboxylic acids is 1. The Bertz CT molecular complexity index is 386. The van der Waals surface area contributed by atoms with Crippen LogP contribution in [0.5, 0.6) is 0 Å². The number of nitrogens with one attached hydrogen (secondary N) is 1. The summed E-state index contributed by atoms with van der Waals surface area (Å²) in [5.41, 5.74) is 0. The van der Waals surface area contributed by atoms with Gasteiger partial charge in [-0.2, -0.15) is 30.7 Å². The normalized spacial score (nSPS) is 14.4. The SMILES string of the molecule is CCCCCCC(C)CNC(=O)OCC(F)(F)C(F)(F)C(F)(F)F. The summed E-state index contributed by atoms with van der Waals surface area (Å²) in [7, 11) is 0. The topological polar surface area (TPSA) is 38.3 Å². The Morgan fingerprint density at radius 1 is 1.04 bits per heavy atom. The third-order valence-electron chi connectivity index (χ3n) is 3.35. The third kappa shape index (κ3) is 7.12. The standard InChI is InChI=1S/C14H22F7NO2/c1-3-4-5-6-7-10(2)8-22-11(23)24-9-12(15,16)13(17,18)14(19,20)21/h10H,3-9H2,1-2H3,(H,22,23). The van der Waals surface area contributed by atoms with Crippen molar-refractivity contribution in [3.8, 4) is 0 Å². The quantitative estimate of drug-likeness (QED) is 0.427. The van der Waals surface area contributed by atoms with Crippen molar-refractivity contribution in [1.29, 1.82) is 0 Å². The predicted molar refractivity (Wildman–Crippen MR) is 73.2 cm³/mol. The molecule has 0 aromatic heterocycles. The Hall–Kier alpha value is -1.22. The maximum absolute atomic E-state index is 12.9. The van der Waals surface area contributed by atoms with Crippen LogP contribution in [0.1, 0.15) is 46.0 Å². The van der Waals surface area contributed by atoms with Gasteiger partial charge in [0.1, 0.15) is 0 Å². The molecule has 0 rings (SSSR count). The number of ether oxygens (including phenoxy) is 1. The average Bonchev–Trinajstić information content (AvgIpc) is 2.46. The number of rotatable bonds is 10. The van der Waals surface area contributed by atoms with E-state index >= 15 is 0 Å². The molecular weight excluding hydrogens is 347 g/mol. The highest BCUT2D eigenvalue weighted by Crippen LogP contribution is 2.46. The van der Waals surface area contributed by atoms with Gasteiger partial charge in [-0.05, 0) is 12.3 Å². The van der Waals surface area contributed by atoms with Crippen LogP contribution in [0.25, 0.3) is 0 Å². The van der Waals surface area contributed by atoms with Crippen LogP contribution in [-0.2, 0) is 4.74 Å². The summed E-state index contributed by atoms with van der Waals surface area (Å²) >= 11 is 0. The van der Waals surface area contributed by atoms with Gasteiger partial charge in [0.25, 0.3) is 0 Å². The molecular formula is C14H22F7NO2. The van der Waals surface area contributed by atoms with E-state index in [1.165, 1.54) is 0 Å². The van der Waals surface area contributed by atoms with E-state index in [4.69, 9.17) is 0 Å². The fourth-order valence-corrected chi connectivity index (χ4v) is 1.78. The van der Waals surface area contributed by atoms with Gasteiger partial charge in [0, 0.05) is 6.54 Å². The number of halogens is 7. The largest absolute Gasteiger partial charge is 0.460 e. The Morgan fingerprint density at radius 3 is 2.12 bits per heavy atom. The predicted octanol–water partition coefficient (Wildman–Crippen LogP) is 5.15. The third-order valence-corrected chi connectivity index (χ3v) is 3.35. The van der Waals surface area contributed by atoms with Crippen molar-refractivity contribution in [3.63, 3.8) is 0 Å². The molecule has 0 fully saturated rings. The highest BCUT2D eigenvalue weighted by atomic mass is 19.4. The van der Waals surface area contributed by atoms with E-state index in [1.807, 2.05) is 6.92 Å². The first kappa shape index (κ1) is 22.8. The molecule has 3 nitrogen and oxygen atoms in total. The minimum absolute atomic E-state index is 0.00784. The molecule has 1 atom stereocenters. The summed E-state index contributed by atoms with van der Waals surface area (Å²) in [6.07, 6.45) is -3.13. The lowest BCUT2D eigenvalue weighted by Crippen LogP contribution is -2.54. The van der Waals surface area contributed by atoms with Crippen LogP contribution in [-0.4, -0.2) is 37.3 Å². The number of alkyl halides is 7. The van der Waals surface area contributed by atoms with Gasteiger partial charge in [0.05, 0.1) is 0 Å². The molecule has 10 heteroatoms. The van der Waals surface area contributed by atoms with Crippen molar-refractivity contribution < 1.29 is 40.3 Å². The molecule has 0 radical (unpaired) electrons. The Kier molecular flexibility index (Phi) is 8.84. The summed E-state index contributed by atoms with van der Waals surface area (Å²) < 4.78 is 90.5. The maximum atomic E-state index is 12.9. The van der Waals surface area contributed by atoms with Gasteiger partial charge >= 0.3 is 24.1 Å². The van der Waals surface area contributed by atoms with Crippen LogP contribution in [0, 0.1) is 5.92 Å². The van der Waals surface area contributed by atoms with Crippen LogP contribution in [0.15, 0.2) is 0 Å². The maximum Gasteiger partial charge on any atom is 0.460 e. The van der Waals surface area contributed by atoms with Crippen LogP contribution < -0.4 is 5.32 Å². The molecule has 144 valence electrons. The van der Waals surface area contributed by atoms with Crippen LogP contribution in [0.4, 0.5) is 35.5 Å². The van der Waals surface area contributed by atoms with Gasteiger partial charge in [-0.3, -0.25) is 0 Å². The number of amides is 1. The molecule has 24 heavy (non-hydrogen) atoms. The fourth-order valence-electron chi connectivity index (χ4n) is 1.78. The van der Waals surface area contributed by atoms with E-state index < -0.39 is 30.7 Å². The molecule has 0 spiro atoms. The second-order valence-corrected chi connectivity index (χ2v) is 5.69. The van der Waals surface area contributed by atoms with Gasteiger partial charge in [0.15, 0.2) is 6.61 Å². The van der Waals surface area contributed by atoms with Crippen molar-refractivity contribution in [3.05, 3.63) is 0 Å². The number of alkyl carbamates (subject to hydrolysis) is 1. The van der Waals surface area contributed by atoms with Gasteiger partial charge in [-0.15, -0.1) is 0 Å². The molecule has 0 aliphatic heterocycles. The number of hydrogen-bond donors (Lipinski definition) is 1. The van der Waals surface area contributed by atoms with Crippen molar-refractivity contribution >= 4 is 6.09 Å². The fraction of sp³-hybridized carbons (Fsp3) is 0.929. The molecule has 0 heterocycles. The summed E-state index contributed by atoms with van der Waals surface area (Å²) in [6.45, 7) is 1.50. The highest BCUT2D eigenvalue weighted by Gasteiger charge is 2.73. The van der Waals surface area contributed by atoms with Gasteiger partial charge in [0.2, 0.25) is 0 Å².